The van der Waals surface area contributed by atoms with Crippen LogP contribution >= 0.6 is 11.8 Å². The predicted octanol–water partition coefficient (Wildman–Crippen LogP) is 0.954. The molecule has 0 unspecified atom stereocenters. The summed E-state index contributed by atoms with van der Waals surface area (Å²) in [5.41, 5.74) is 6.92. The third-order valence-corrected chi connectivity index (χ3v) is 5.18. The first-order valence-corrected chi connectivity index (χ1v) is 9.43. The van der Waals surface area contributed by atoms with E-state index >= 15 is 0 Å². The van der Waals surface area contributed by atoms with Crippen LogP contribution in [0.25, 0.3) is 0 Å². The summed E-state index contributed by atoms with van der Waals surface area (Å²) in [6, 6.07) is 6.76. The topological polar surface area (TPSA) is 75.8 Å². The molecular formula is C13H19N3O2S2. The summed E-state index contributed by atoms with van der Waals surface area (Å²) in [6.45, 7) is 2.35. The van der Waals surface area contributed by atoms with Gasteiger partial charge >= 0.3 is 0 Å². The van der Waals surface area contributed by atoms with Crippen molar-refractivity contribution in [3.63, 3.8) is 0 Å². The molecule has 1 aromatic carbocycles. The van der Waals surface area contributed by atoms with Crippen LogP contribution in [0.5, 0.6) is 0 Å². The molecule has 1 aliphatic rings. The SMILES string of the molecule is CS(=O)(=O)c1ccc(CN=C(N)N2CCSCC2)cc1. The van der Waals surface area contributed by atoms with Crippen molar-refractivity contribution in [2.75, 3.05) is 30.9 Å². The number of rotatable bonds is 3. The quantitative estimate of drug-likeness (QED) is 0.664. The van der Waals surface area contributed by atoms with Gasteiger partial charge in [-0.3, -0.25) is 0 Å². The van der Waals surface area contributed by atoms with Crippen molar-refractivity contribution in [2.24, 2.45) is 10.7 Å². The molecule has 0 bridgehead atoms. The Labute approximate surface area is 124 Å². The molecule has 2 rings (SSSR count). The van der Waals surface area contributed by atoms with Crippen molar-refractivity contribution in [2.45, 2.75) is 11.4 Å². The van der Waals surface area contributed by atoms with E-state index in [4.69, 9.17) is 5.73 Å². The van der Waals surface area contributed by atoms with Crippen LogP contribution in [0.4, 0.5) is 0 Å². The summed E-state index contributed by atoms with van der Waals surface area (Å²) in [7, 11) is -3.14. The van der Waals surface area contributed by atoms with E-state index in [0.717, 1.165) is 30.2 Å². The Morgan fingerprint density at radius 1 is 1.30 bits per heavy atom. The number of hydrogen-bond donors (Lipinski definition) is 1. The Bertz CT molecular complexity index is 576. The van der Waals surface area contributed by atoms with E-state index in [1.807, 2.05) is 11.8 Å². The maximum atomic E-state index is 11.4. The zero-order chi connectivity index (χ0) is 14.6. The van der Waals surface area contributed by atoms with Gasteiger partial charge in [-0.15, -0.1) is 0 Å². The molecule has 0 aromatic heterocycles. The first-order chi connectivity index (χ1) is 9.47. The molecule has 7 heteroatoms. The first kappa shape index (κ1) is 15.2. The van der Waals surface area contributed by atoms with Gasteiger partial charge in [0.1, 0.15) is 0 Å². The van der Waals surface area contributed by atoms with E-state index in [-0.39, 0.29) is 0 Å². The summed E-state index contributed by atoms with van der Waals surface area (Å²) >= 11 is 1.93. The molecule has 0 spiro atoms. The van der Waals surface area contributed by atoms with E-state index in [1.165, 1.54) is 6.26 Å². The summed E-state index contributed by atoms with van der Waals surface area (Å²) in [6.07, 6.45) is 1.20. The molecule has 110 valence electrons. The largest absolute Gasteiger partial charge is 0.370 e. The minimum absolute atomic E-state index is 0.325. The molecule has 20 heavy (non-hydrogen) atoms. The fourth-order valence-corrected chi connectivity index (χ4v) is 3.44. The van der Waals surface area contributed by atoms with Crippen LogP contribution < -0.4 is 5.73 Å². The summed E-state index contributed by atoms with van der Waals surface area (Å²) in [4.78, 5) is 6.78. The molecule has 1 aliphatic heterocycles. The maximum Gasteiger partial charge on any atom is 0.191 e. The average Bonchev–Trinajstić information content (AvgIpc) is 2.45. The van der Waals surface area contributed by atoms with Gasteiger partial charge in [0.15, 0.2) is 15.8 Å². The molecule has 1 fully saturated rings. The summed E-state index contributed by atoms with van der Waals surface area (Å²) in [5.74, 6) is 2.73. The Hall–Kier alpha value is -1.21. The van der Waals surface area contributed by atoms with Crippen molar-refractivity contribution in [1.29, 1.82) is 0 Å². The van der Waals surface area contributed by atoms with Crippen LogP contribution in [-0.4, -0.2) is 50.1 Å². The molecule has 1 aromatic rings. The lowest BCUT2D eigenvalue weighted by molar-refractivity contribution is 0.455. The van der Waals surface area contributed by atoms with Crippen LogP contribution in [0.1, 0.15) is 5.56 Å². The third-order valence-electron chi connectivity index (χ3n) is 3.11. The molecule has 0 aliphatic carbocycles. The molecular weight excluding hydrogens is 294 g/mol. The van der Waals surface area contributed by atoms with Gasteiger partial charge in [0.05, 0.1) is 11.4 Å². The average molecular weight is 313 g/mol. The molecule has 2 N–H and O–H groups in total. The highest BCUT2D eigenvalue weighted by atomic mass is 32.2. The van der Waals surface area contributed by atoms with Gasteiger partial charge in [0.25, 0.3) is 0 Å². The number of hydrogen-bond acceptors (Lipinski definition) is 4. The summed E-state index contributed by atoms with van der Waals surface area (Å²) in [5, 5.41) is 0. The standard InChI is InChI=1S/C13H19N3O2S2/c1-20(17,18)12-4-2-11(3-5-12)10-15-13(14)16-6-8-19-9-7-16/h2-5H,6-10H2,1H3,(H2,14,15). The fraction of sp³-hybridized carbons (Fsp3) is 0.462. The second-order valence-electron chi connectivity index (χ2n) is 4.69. The lowest BCUT2D eigenvalue weighted by atomic mass is 10.2. The second kappa shape index (κ2) is 6.49. The Morgan fingerprint density at radius 3 is 2.45 bits per heavy atom. The van der Waals surface area contributed by atoms with Crippen LogP contribution in [0, 0.1) is 0 Å². The molecule has 0 saturated carbocycles. The highest BCUT2D eigenvalue weighted by molar-refractivity contribution is 7.99. The number of benzene rings is 1. The molecule has 5 nitrogen and oxygen atoms in total. The fourth-order valence-electron chi connectivity index (χ4n) is 1.91. The van der Waals surface area contributed by atoms with Crippen molar-refractivity contribution in [3.05, 3.63) is 29.8 Å². The number of thioether (sulfide) groups is 1. The van der Waals surface area contributed by atoms with Gasteiger partial charge < -0.3 is 10.6 Å². The van der Waals surface area contributed by atoms with Crippen molar-refractivity contribution < 1.29 is 8.42 Å². The molecule has 1 saturated heterocycles. The smallest absolute Gasteiger partial charge is 0.191 e. The Kier molecular flexibility index (Phi) is 4.93. The number of aliphatic imine (C=N–C) groups is 1. The summed E-state index contributed by atoms with van der Waals surface area (Å²) < 4.78 is 22.7. The normalized spacial score (nSPS) is 17.2. The number of nitrogens with zero attached hydrogens (tertiary/aromatic N) is 2. The maximum absolute atomic E-state index is 11.4. The van der Waals surface area contributed by atoms with Crippen molar-refractivity contribution in [1.82, 2.24) is 4.90 Å². The van der Waals surface area contributed by atoms with Crippen LogP contribution in [-0.2, 0) is 16.4 Å². The third kappa shape index (κ3) is 4.14. The lowest BCUT2D eigenvalue weighted by Gasteiger charge is -2.27. The van der Waals surface area contributed by atoms with Crippen LogP contribution in [0.15, 0.2) is 34.2 Å². The predicted molar refractivity (Wildman–Crippen MR) is 83.8 cm³/mol. The van der Waals surface area contributed by atoms with Gasteiger partial charge in [-0.05, 0) is 17.7 Å². The van der Waals surface area contributed by atoms with E-state index in [2.05, 4.69) is 9.89 Å². The molecule has 0 radical (unpaired) electrons. The van der Waals surface area contributed by atoms with Crippen LogP contribution in [0.3, 0.4) is 0 Å². The van der Waals surface area contributed by atoms with Gasteiger partial charge in [-0.1, -0.05) is 12.1 Å². The van der Waals surface area contributed by atoms with E-state index in [9.17, 15) is 8.42 Å². The lowest BCUT2D eigenvalue weighted by Crippen LogP contribution is -2.42. The van der Waals surface area contributed by atoms with Gasteiger partial charge in [0.2, 0.25) is 0 Å². The van der Waals surface area contributed by atoms with Crippen LogP contribution in [0.2, 0.25) is 0 Å². The number of nitrogens with two attached hydrogens (primary N) is 1. The molecule has 0 amide bonds. The van der Waals surface area contributed by atoms with E-state index in [0.29, 0.717) is 17.4 Å². The van der Waals surface area contributed by atoms with Crippen molar-refractivity contribution >= 4 is 27.6 Å². The van der Waals surface area contributed by atoms with E-state index in [1.54, 1.807) is 24.3 Å². The number of sulfone groups is 1. The molecule has 0 atom stereocenters. The highest BCUT2D eigenvalue weighted by Crippen LogP contribution is 2.12. The van der Waals surface area contributed by atoms with Gasteiger partial charge in [0, 0.05) is 30.9 Å². The minimum atomic E-state index is -3.14. The highest BCUT2D eigenvalue weighted by Gasteiger charge is 2.12. The van der Waals surface area contributed by atoms with E-state index < -0.39 is 9.84 Å². The second-order valence-corrected chi connectivity index (χ2v) is 7.93. The zero-order valence-electron chi connectivity index (χ0n) is 11.4. The Balaban J connectivity index is 1.99. The van der Waals surface area contributed by atoms with Gasteiger partial charge in [-0.25, -0.2) is 13.4 Å². The minimum Gasteiger partial charge on any atom is -0.370 e. The monoisotopic (exact) mass is 313 g/mol. The first-order valence-electron chi connectivity index (χ1n) is 6.38. The number of guanidine groups is 1. The molecule has 1 heterocycles. The Morgan fingerprint density at radius 2 is 1.90 bits per heavy atom. The zero-order valence-corrected chi connectivity index (χ0v) is 13.1. The van der Waals surface area contributed by atoms with Gasteiger partial charge in [-0.2, -0.15) is 11.8 Å². The van der Waals surface area contributed by atoms with Crippen molar-refractivity contribution in [3.8, 4) is 0 Å².